The third-order valence-corrected chi connectivity index (χ3v) is 4.20. The normalized spacial score (nSPS) is 16.1. The van der Waals surface area contributed by atoms with Gasteiger partial charge in [0.2, 0.25) is 0 Å². The fraction of sp³-hybridized carbons (Fsp3) is 1.00. The van der Waals surface area contributed by atoms with Gasteiger partial charge in [-0.3, -0.25) is 0 Å². The smallest absolute Gasteiger partial charge is 0.0897 e. The molecule has 0 aromatic rings. The average Bonchev–Trinajstić information content (AvgIpc) is 2.45. The molecule has 3 atom stereocenters. The topological polar surface area (TPSA) is 71.0 Å². The minimum atomic E-state index is -0.533. The van der Waals surface area contributed by atoms with Crippen LogP contribution in [0.5, 0.6) is 0 Å². The van der Waals surface area contributed by atoms with Crippen LogP contribution in [0, 0.1) is 0 Å². The van der Waals surface area contributed by atoms with Crippen LogP contribution in [0.3, 0.4) is 0 Å². The predicted molar refractivity (Wildman–Crippen MR) is 84.4 cm³/mol. The summed E-state index contributed by atoms with van der Waals surface area (Å²) in [5.74, 6) is 0. The molecule has 0 saturated carbocycles. The van der Waals surface area contributed by atoms with Crippen molar-refractivity contribution >= 4 is 11.8 Å². The first kappa shape index (κ1) is 20.1. The van der Waals surface area contributed by atoms with Crippen molar-refractivity contribution in [3.63, 3.8) is 0 Å². The summed E-state index contributed by atoms with van der Waals surface area (Å²) in [6.45, 7) is 6.91. The summed E-state index contributed by atoms with van der Waals surface area (Å²) in [5, 5.41) is 22.3. The standard InChI is InChI=1S/C14H31NO4S/c1-4-5-6-18-7-8-19-11-13(17)9-15-12(2)14(10-16)20-3/h12-17H,4-11H2,1-3H3. The SMILES string of the molecule is CCCCOCCOCC(O)CNC(C)C(CO)SC. The lowest BCUT2D eigenvalue weighted by Crippen LogP contribution is -2.42. The molecule has 0 aliphatic carbocycles. The molecule has 6 heteroatoms. The zero-order valence-electron chi connectivity index (χ0n) is 13.0. The lowest BCUT2D eigenvalue weighted by atomic mass is 10.2. The summed E-state index contributed by atoms with van der Waals surface area (Å²) in [7, 11) is 0. The number of rotatable bonds is 14. The molecular formula is C14H31NO4S. The molecule has 3 N–H and O–H groups in total. The van der Waals surface area contributed by atoms with E-state index in [1.54, 1.807) is 11.8 Å². The molecular weight excluding hydrogens is 278 g/mol. The molecule has 20 heavy (non-hydrogen) atoms. The highest BCUT2D eigenvalue weighted by molar-refractivity contribution is 7.99. The van der Waals surface area contributed by atoms with Crippen molar-refractivity contribution in [2.24, 2.45) is 0 Å². The van der Waals surface area contributed by atoms with Crippen LogP contribution in [0.4, 0.5) is 0 Å². The molecule has 0 aromatic heterocycles. The fourth-order valence-corrected chi connectivity index (χ4v) is 2.29. The van der Waals surface area contributed by atoms with Crippen LogP contribution in [0.25, 0.3) is 0 Å². The van der Waals surface area contributed by atoms with E-state index in [1.807, 2.05) is 13.2 Å². The van der Waals surface area contributed by atoms with Crippen molar-refractivity contribution in [2.45, 2.75) is 44.1 Å². The van der Waals surface area contributed by atoms with Crippen LogP contribution in [0.2, 0.25) is 0 Å². The van der Waals surface area contributed by atoms with Crippen LogP contribution in [0.15, 0.2) is 0 Å². The minimum absolute atomic E-state index is 0.136. The van der Waals surface area contributed by atoms with Crippen molar-refractivity contribution in [1.82, 2.24) is 5.32 Å². The molecule has 0 rings (SSSR count). The predicted octanol–water partition coefficient (Wildman–Crippen LogP) is 0.883. The molecule has 3 unspecified atom stereocenters. The zero-order chi connectivity index (χ0) is 15.2. The Labute approximate surface area is 127 Å². The number of ether oxygens (including phenoxy) is 2. The van der Waals surface area contributed by atoms with E-state index in [4.69, 9.17) is 14.6 Å². The maximum absolute atomic E-state index is 9.77. The lowest BCUT2D eigenvalue weighted by molar-refractivity contribution is 0.00322. The molecule has 0 spiro atoms. The third-order valence-electron chi connectivity index (χ3n) is 3.04. The fourth-order valence-electron chi connectivity index (χ4n) is 1.63. The van der Waals surface area contributed by atoms with Gasteiger partial charge in [-0.2, -0.15) is 11.8 Å². The van der Waals surface area contributed by atoms with Gasteiger partial charge in [-0.05, 0) is 19.6 Å². The second-order valence-corrected chi connectivity index (χ2v) is 5.93. The van der Waals surface area contributed by atoms with Crippen molar-refractivity contribution in [3.05, 3.63) is 0 Å². The maximum Gasteiger partial charge on any atom is 0.0897 e. The lowest BCUT2D eigenvalue weighted by Gasteiger charge is -2.23. The number of thioether (sulfide) groups is 1. The van der Waals surface area contributed by atoms with Crippen molar-refractivity contribution in [2.75, 3.05) is 45.8 Å². The Hall–Kier alpha value is 0.150. The van der Waals surface area contributed by atoms with E-state index in [-0.39, 0.29) is 17.9 Å². The van der Waals surface area contributed by atoms with Gasteiger partial charge in [-0.25, -0.2) is 0 Å². The molecule has 0 fully saturated rings. The van der Waals surface area contributed by atoms with E-state index >= 15 is 0 Å². The van der Waals surface area contributed by atoms with E-state index in [9.17, 15) is 5.11 Å². The number of unbranched alkanes of at least 4 members (excludes halogenated alkanes) is 1. The number of nitrogens with one attached hydrogen (secondary N) is 1. The Bertz CT molecular complexity index is 206. The van der Waals surface area contributed by atoms with Gasteiger partial charge in [0.25, 0.3) is 0 Å². The molecule has 0 radical (unpaired) electrons. The van der Waals surface area contributed by atoms with Gasteiger partial charge >= 0.3 is 0 Å². The molecule has 5 nitrogen and oxygen atoms in total. The Balaban J connectivity index is 3.47. The van der Waals surface area contributed by atoms with Crippen LogP contribution in [0.1, 0.15) is 26.7 Å². The Morgan fingerprint density at radius 2 is 1.90 bits per heavy atom. The molecule has 0 aliphatic rings. The molecule has 0 aliphatic heterocycles. The minimum Gasteiger partial charge on any atom is -0.395 e. The van der Waals surface area contributed by atoms with Gasteiger partial charge in [0, 0.05) is 24.4 Å². The van der Waals surface area contributed by atoms with E-state index in [2.05, 4.69) is 12.2 Å². The van der Waals surface area contributed by atoms with Crippen LogP contribution in [-0.4, -0.2) is 73.4 Å². The van der Waals surface area contributed by atoms with E-state index in [0.717, 1.165) is 19.4 Å². The molecule has 122 valence electrons. The first-order valence-corrected chi connectivity index (χ1v) is 8.65. The summed E-state index contributed by atoms with van der Waals surface area (Å²) in [5.41, 5.74) is 0. The largest absolute Gasteiger partial charge is 0.395 e. The second-order valence-electron chi connectivity index (χ2n) is 4.85. The maximum atomic E-state index is 9.77. The molecule has 0 amide bonds. The Morgan fingerprint density at radius 1 is 1.20 bits per heavy atom. The van der Waals surface area contributed by atoms with Crippen LogP contribution in [-0.2, 0) is 9.47 Å². The van der Waals surface area contributed by atoms with Crippen LogP contribution < -0.4 is 5.32 Å². The van der Waals surface area contributed by atoms with E-state index in [0.29, 0.717) is 26.4 Å². The molecule has 0 heterocycles. The number of aliphatic hydroxyl groups is 2. The summed E-state index contributed by atoms with van der Waals surface area (Å²) < 4.78 is 10.7. The van der Waals surface area contributed by atoms with Crippen LogP contribution >= 0.6 is 11.8 Å². The first-order chi connectivity index (χ1) is 9.65. The van der Waals surface area contributed by atoms with Gasteiger partial charge in [-0.1, -0.05) is 13.3 Å². The third kappa shape index (κ3) is 10.9. The monoisotopic (exact) mass is 309 g/mol. The highest BCUT2D eigenvalue weighted by Gasteiger charge is 2.15. The Kier molecular flexibility index (Phi) is 14.2. The molecule has 0 saturated heterocycles. The number of hydrogen-bond donors (Lipinski definition) is 3. The van der Waals surface area contributed by atoms with Gasteiger partial charge in [0.05, 0.1) is 32.5 Å². The summed E-state index contributed by atoms with van der Waals surface area (Å²) in [6, 6.07) is 0.155. The summed E-state index contributed by atoms with van der Waals surface area (Å²) >= 11 is 1.62. The first-order valence-electron chi connectivity index (χ1n) is 7.36. The van der Waals surface area contributed by atoms with Gasteiger partial charge < -0.3 is 25.0 Å². The average molecular weight is 309 g/mol. The summed E-state index contributed by atoms with van der Waals surface area (Å²) in [4.78, 5) is 0. The van der Waals surface area contributed by atoms with Crippen molar-refractivity contribution in [1.29, 1.82) is 0 Å². The van der Waals surface area contributed by atoms with Crippen molar-refractivity contribution in [3.8, 4) is 0 Å². The van der Waals surface area contributed by atoms with Crippen molar-refractivity contribution < 1.29 is 19.7 Å². The quantitative estimate of drug-likeness (QED) is 0.414. The summed E-state index contributed by atoms with van der Waals surface area (Å²) in [6.07, 6.45) is 3.64. The zero-order valence-corrected chi connectivity index (χ0v) is 13.8. The highest BCUT2D eigenvalue weighted by atomic mass is 32.2. The second kappa shape index (κ2) is 14.1. The van der Waals surface area contributed by atoms with E-state index in [1.165, 1.54) is 0 Å². The van der Waals surface area contributed by atoms with Gasteiger partial charge in [-0.15, -0.1) is 0 Å². The molecule has 0 bridgehead atoms. The Morgan fingerprint density at radius 3 is 2.50 bits per heavy atom. The van der Waals surface area contributed by atoms with E-state index < -0.39 is 6.10 Å². The number of aliphatic hydroxyl groups excluding tert-OH is 2. The highest BCUT2D eigenvalue weighted by Crippen LogP contribution is 2.09. The number of hydrogen-bond acceptors (Lipinski definition) is 6. The van der Waals surface area contributed by atoms with Gasteiger partial charge in [0.15, 0.2) is 0 Å². The molecule has 0 aromatic carbocycles. The van der Waals surface area contributed by atoms with Gasteiger partial charge in [0.1, 0.15) is 0 Å².